The lowest BCUT2D eigenvalue weighted by atomic mass is 10.0. The van der Waals surface area contributed by atoms with E-state index in [1.807, 2.05) is 0 Å². The summed E-state index contributed by atoms with van der Waals surface area (Å²) in [5.41, 5.74) is -2.35. The molecule has 0 saturated carbocycles. The topological polar surface area (TPSA) is 15.8 Å². The normalized spacial score (nSPS) is 20.2. The fraction of sp³-hybridized carbons (Fsp3) is 0. The second-order valence-corrected chi connectivity index (χ2v) is 5.12. The first-order valence-corrected chi connectivity index (χ1v) is 7.25. The van der Waals surface area contributed by atoms with E-state index >= 15 is 0 Å². The molecule has 118 valence electrons. The summed E-state index contributed by atoms with van der Waals surface area (Å²) >= 11 is 0. The maximum atomic E-state index is 8.97. The van der Waals surface area contributed by atoms with Gasteiger partial charge < -0.3 is 4.98 Å². The molecule has 5 aromatic rings. The molecule has 0 aliphatic carbocycles. The predicted octanol–water partition coefficient (Wildman–Crippen LogP) is 6.66. The van der Waals surface area contributed by atoms with Crippen molar-refractivity contribution in [2.75, 3.05) is 0 Å². The second-order valence-electron chi connectivity index (χ2n) is 5.12. The van der Waals surface area contributed by atoms with Crippen molar-refractivity contribution < 1.29 is 21.9 Å². The molecule has 1 nitrogen and oxygen atoms in total. The molecule has 1 heterocycles. The molecule has 0 spiro atoms. The van der Waals surface area contributed by atoms with E-state index in [0.717, 1.165) is 0 Å². The summed E-state index contributed by atoms with van der Waals surface area (Å²) in [7, 11) is 0. The molecule has 0 unspecified atom stereocenters. The van der Waals surface area contributed by atoms with E-state index in [4.69, 9.17) is 21.9 Å². The number of hydrogen-bond donors (Lipinski definition) is 1. The summed E-state index contributed by atoms with van der Waals surface area (Å²) in [4.78, 5) is 2.71. The standard InChI is InChI=1S/C24H17N/c1-3-7-17(8-4-1)19-11-13-23-21(15-19)22-16-20(12-14-24(22)25-23)18-9-5-2-6-10-18/h1-16,25H/i1D,2D,3D,4D,5D,6D,7D,8D,9D,10D,11D,12D,13D,14D,15D,16D. The third-order valence-electron chi connectivity index (χ3n) is 3.62. The number of aromatic amines is 1. The van der Waals surface area contributed by atoms with Crippen molar-refractivity contribution in [1.29, 1.82) is 0 Å². The van der Waals surface area contributed by atoms with Crippen molar-refractivity contribution in [2.45, 2.75) is 0 Å². The first-order chi connectivity index (χ1) is 19.1. The molecule has 1 aromatic heterocycles. The summed E-state index contributed by atoms with van der Waals surface area (Å²) in [5.74, 6) is 0. The van der Waals surface area contributed by atoms with Gasteiger partial charge in [0, 0.05) is 21.8 Å². The van der Waals surface area contributed by atoms with Crippen LogP contribution >= 0.6 is 0 Å². The minimum absolute atomic E-state index is 0.189. The van der Waals surface area contributed by atoms with Crippen LogP contribution in [0.2, 0.25) is 0 Å². The Morgan fingerprint density at radius 2 is 0.920 bits per heavy atom. The van der Waals surface area contributed by atoms with Gasteiger partial charge in [0.05, 0.1) is 21.9 Å². The SMILES string of the molecule is [2H]c1c([2H])c([2H])c(-c2c([2H])c([2H])c3[nH]c4c([2H])c([2H])c(-c5c([2H])c([2H])c([2H])c([2H])c5[2H])c([2H])c4c3c2[2H])c([2H])c1[2H]. The summed E-state index contributed by atoms with van der Waals surface area (Å²) in [6.45, 7) is 0. The number of H-pyrrole nitrogens is 1. The second kappa shape index (κ2) is 5.64. The van der Waals surface area contributed by atoms with E-state index in [1.165, 1.54) is 0 Å². The Morgan fingerprint density at radius 3 is 1.36 bits per heavy atom. The average Bonchev–Trinajstić information content (AvgIpc) is 3.35. The number of fused-ring (bicyclic) bond motifs is 3. The highest BCUT2D eigenvalue weighted by atomic mass is 14.7. The van der Waals surface area contributed by atoms with E-state index in [-0.39, 0.29) is 21.8 Å². The maximum absolute atomic E-state index is 8.97. The van der Waals surface area contributed by atoms with Crippen LogP contribution in [0.5, 0.6) is 0 Å². The molecule has 1 N–H and O–H groups in total. The van der Waals surface area contributed by atoms with Crippen LogP contribution in [0, 0.1) is 0 Å². The van der Waals surface area contributed by atoms with Crippen molar-refractivity contribution >= 4 is 21.8 Å². The number of hydrogen-bond acceptors (Lipinski definition) is 0. The molecule has 0 fully saturated rings. The maximum Gasteiger partial charge on any atom is 0.0645 e. The molecule has 0 saturated heterocycles. The quantitative estimate of drug-likeness (QED) is 0.371. The predicted molar refractivity (Wildman–Crippen MR) is 107 cm³/mol. The summed E-state index contributed by atoms with van der Waals surface area (Å²) in [6.07, 6.45) is 0. The van der Waals surface area contributed by atoms with Gasteiger partial charge >= 0.3 is 0 Å². The van der Waals surface area contributed by atoms with Gasteiger partial charge in [0.1, 0.15) is 0 Å². The number of benzene rings is 4. The first-order valence-electron chi connectivity index (χ1n) is 15.2. The van der Waals surface area contributed by atoms with Gasteiger partial charge in [-0.3, -0.25) is 0 Å². The van der Waals surface area contributed by atoms with Crippen LogP contribution in [0.1, 0.15) is 21.9 Å². The Bertz CT molecular complexity index is 1810. The number of aromatic nitrogens is 1. The monoisotopic (exact) mass is 335 g/mol. The van der Waals surface area contributed by atoms with Crippen molar-refractivity contribution in [2.24, 2.45) is 0 Å². The van der Waals surface area contributed by atoms with Gasteiger partial charge in [-0.2, -0.15) is 0 Å². The first kappa shape index (κ1) is 5.34. The third kappa shape index (κ3) is 2.41. The molecule has 0 amide bonds. The minimum atomic E-state index is -0.720. The summed E-state index contributed by atoms with van der Waals surface area (Å²) < 4.78 is 133. The van der Waals surface area contributed by atoms with E-state index in [1.54, 1.807) is 0 Å². The molecule has 0 radical (unpaired) electrons. The Labute approximate surface area is 169 Å². The molecule has 0 aliphatic rings. The molecule has 0 aliphatic heterocycles. The van der Waals surface area contributed by atoms with Gasteiger partial charge in [0.2, 0.25) is 0 Å². The minimum Gasteiger partial charge on any atom is -0.355 e. The Morgan fingerprint density at radius 1 is 0.480 bits per heavy atom. The number of nitrogens with one attached hydrogen (secondary N) is 1. The highest BCUT2D eigenvalue weighted by Gasteiger charge is 2.08. The van der Waals surface area contributed by atoms with Crippen molar-refractivity contribution in [1.82, 2.24) is 4.98 Å². The van der Waals surface area contributed by atoms with Crippen LogP contribution in [-0.4, -0.2) is 4.98 Å². The lowest BCUT2D eigenvalue weighted by Crippen LogP contribution is -1.78. The zero-order chi connectivity index (χ0) is 30.6. The highest BCUT2D eigenvalue weighted by Crippen LogP contribution is 2.32. The average molecular weight is 336 g/mol. The van der Waals surface area contributed by atoms with E-state index in [2.05, 4.69) is 4.98 Å². The van der Waals surface area contributed by atoms with Crippen LogP contribution in [0.25, 0.3) is 44.1 Å². The molecular weight excluding hydrogens is 302 g/mol. The van der Waals surface area contributed by atoms with Gasteiger partial charge in [-0.05, 0) is 46.4 Å². The van der Waals surface area contributed by atoms with E-state index in [9.17, 15) is 0 Å². The van der Waals surface area contributed by atoms with E-state index in [0.29, 0.717) is 0 Å². The van der Waals surface area contributed by atoms with Gasteiger partial charge in [0.15, 0.2) is 0 Å². The largest absolute Gasteiger partial charge is 0.355 e. The zero-order valence-electron chi connectivity index (χ0n) is 28.5. The van der Waals surface area contributed by atoms with Crippen LogP contribution < -0.4 is 0 Å². The van der Waals surface area contributed by atoms with E-state index < -0.39 is 119 Å². The van der Waals surface area contributed by atoms with Crippen LogP contribution in [-0.2, 0) is 0 Å². The number of rotatable bonds is 2. The Hall–Kier alpha value is -3.32. The Kier molecular flexibility index (Phi) is 1.20. The fourth-order valence-corrected chi connectivity index (χ4v) is 2.50. The van der Waals surface area contributed by atoms with Crippen LogP contribution in [0.15, 0.2) is 96.7 Å². The lowest BCUT2D eigenvalue weighted by molar-refractivity contribution is 1.54. The van der Waals surface area contributed by atoms with Gasteiger partial charge in [-0.15, -0.1) is 0 Å². The molecule has 25 heavy (non-hydrogen) atoms. The van der Waals surface area contributed by atoms with Crippen molar-refractivity contribution in [3.05, 3.63) is 96.7 Å². The Balaban J connectivity index is 2.03. The molecule has 1 heteroatoms. The van der Waals surface area contributed by atoms with Crippen molar-refractivity contribution in [3.8, 4) is 22.3 Å². The lowest BCUT2D eigenvalue weighted by Gasteiger charge is -2.03. The van der Waals surface area contributed by atoms with Gasteiger partial charge in [0.25, 0.3) is 0 Å². The van der Waals surface area contributed by atoms with Crippen LogP contribution in [0.3, 0.4) is 0 Å². The fourth-order valence-electron chi connectivity index (χ4n) is 2.50. The van der Waals surface area contributed by atoms with Gasteiger partial charge in [-0.25, -0.2) is 0 Å². The zero-order valence-corrected chi connectivity index (χ0v) is 12.5. The summed E-state index contributed by atoms with van der Waals surface area (Å²) in [5, 5.41) is -0.454. The van der Waals surface area contributed by atoms with Crippen LogP contribution in [0.4, 0.5) is 0 Å². The highest BCUT2D eigenvalue weighted by molar-refractivity contribution is 6.09. The molecule has 4 aromatic carbocycles. The molecular formula is C24H17N. The van der Waals surface area contributed by atoms with Crippen molar-refractivity contribution in [3.63, 3.8) is 0 Å². The third-order valence-corrected chi connectivity index (χ3v) is 3.62. The van der Waals surface area contributed by atoms with Gasteiger partial charge in [-0.1, -0.05) is 72.5 Å². The molecule has 0 bridgehead atoms. The summed E-state index contributed by atoms with van der Waals surface area (Å²) in [6, 6.07) is -10.7. The smallest absolute Gasteiger partial charge is 0.0645 e. The molecule has 5 rings (SSSR count). The molecule has 0 atom stereocenters.